The highest BCUT2D eigenvalue weighted by Crippen LogP contribution is 2.46. The molecule has 0 radical (unpaired) electrons. The first-order valence-corrected chi connectivity index (χ1v) is 10.6. The van der Waals surface area contributed by atoms with Gasteiger partial charge in [-0.3, -0.25) is 0 Å². The Bertz CT molecular complexity index is 934. The molecule has 2 aromatic carbocycles. The van der Waals surface area contributed by atoms with Crippen molar-refractivity contribution in [3.05, 3.63) is 64.2 Å². The molecular weight excluding hydrogens is 356 g/mol. The third-order valence-corrected chi connectivity index (χ3v) is 6.38. The van der Waals surface area contributed by atoms with Crippen LogP contribution in [0.4, 0.5) is 0 Å². The topological polar surface area (TPSA) is 34.0 Å². The lowest BCUT2D eigenvalue weighted by Crippen LogP contribution is -2.34. The van der Waals surface area contributed by atoms with Crippen LogP contribution in [0.5, 0.6) is 5.75 Å². The van der Waals surface area contributed by atoms with Gasteiger partial charge in [0.05, 0.1) is 19.0 Å². The Morgan fingerprint density at radius 3 is 2.14 bits per heavy atom. The molecule has 0 heterocycles. The van der Waals surface area contributed by atoms with Crippen molar-refractivity contribution in [3.63, 3.8) is 0 Å². The van der Waals surface area contributed by atoms with E-state index in [-0.39, 0.29) is 10.8 Å². The number of methoxy groups -OCH3 is 1. The third-order valence-electron chi connectivity index (χ3n) is 6.38. The van der Waals surface area contributed by atoms with E-state index in [1.54, 1.807) is 13.3 Å². The van der Waals surface area contributed by atoms with Gasteiger partial charge in [0, 0.05) is 5.56 Å². The molecule has 0 spiro atoms. The summed E-state index contributed by atoms with van der Waals surface area (Å²) in [6.07, 6.45) is 5.23. The van der Waals surface area contributed by atoms with E-state index < -0.39 is 0 Å². The summed E-state index contributed by atoms with van der Waals surface area (Å²) in [5, 5.41) is 8.88. The van der Waals surface area contributed by atoms with E-state index in [1.807, 2.05) is 24.3 Å². The number of hydrogen-bond acceptors (Lipinski definition) is 3. The number of rotatable bonds is 5. The lowest BCUT2D eigenvalue weighted by atomic mass is 9.62. The van der Waals surface area contributed by atoms with Crippen LogP contribution in [0.1, 0.15) is 82.2 Å². The SMILES string of the molecule is CCc1cc2c(cc1/C(C)=N\N=C/c1ccc(OC)cc1)C(C)(C)CCC2(C)C. The van der Waals surface area contributed by atoms with Crippen LogP contribution >= 0.6 is 0 Å². The maximum absolute atomic E-state index is 5.20. The van der Waals surface area contributed by atoms with Gasteiger partial charge in [0.15, 0.2) is 0 Å². The average Bonchev–Trinajstić information content (AvgIpc) is 2.71. The van der Waals surface area contributed by atoms with Crippen LogP contribution in [0, 0.1) is 0 Å². The quantitative estimate of drug-likeness (QED) is 0.427. The zero-order valence-electron chi connectivity index (χ0n) is 19.0. The minimum atomic E-state index is 0.193. The molecule has 3 rings (SSSR count). The molecule has 0 N–H and O–H groups in total. The number of benzene rings is 2. The number of fused-ring (bicyclic) bond motifs is 1. The summed E-state index contributed by atoms with van der Waals surface area (Å²) in [7, 11) is 1.67. The van der Waals surface area contributed by atoms with Crippen LogP contribution in [0.2, 0.25) is 0 Å². The first kappa shape index (κ1) is 21.3. The Hall–Kier alpha value is -2.42. The fourth-order valence-electron chi connectivity index (χ4n) is 4.21. The maximum atomic E-state index is 5.20. The number of aryl methyl sites for hydroxylation is 1. The van der Waals surface area contributed by atoms with Crippen LogP contribution in [-0.4, -0.2) is 19.0 Å². The van der Waals surface area contributed by atoms with E-state index in [2.05, 4.69) is 63.9 Å². The van der Waals surface area contributed by atoms with Gasteiger partial charge in [-0.05, 0) is 89.6 Å². The molecule has 0 amide bonds. The largest absolute Gasteiger partial charge is 0.497 e. The van der Waals surface area contributed by atoms with E-state index in [9.17, 15) is 0 Å². The van der Waals surface area contributed by atoms with E-state index >= 15 is 0 Å². The highest BCUT2D eigenvalue weighted by Gasteiger charge is 2.37. The number of hydrogen-bond donors (Lipinski definition) is 0. The number of ether oxygens (including phenoxy) is 1. The highest BCUT2D eigenvalue weighted by molar-refractivity contribution is 6.00. The molecule has 0 unspecified atom stereocenters. The Labute approximate surface area is 175 Å². The molecule has 0 saturated heterocycles. The summed E-state index contributed by atoms with van der Waals surface area (Å²) in [6, 6.07) is 12.6. The summed E-state index contributed by atoms with van der Waals surface area (Å²) in [6.45, 7) is 13.8. The molecule has 0 aliphatic heterocycles. The smallest absolute Gasteiger partial charge is 0.118 e. The molecule has 0 bridgehead atoms. The second-order valence-electron chi connectivity index (χ2n) is 9.38. The summed E-state index contributed by atoms with van der Waals surface area (Å²) >= 11 is 0. The highest BCUT2D eigenvalue weighted by atomic mass is 16.5. The first-order chi connectivity index (χ1) is 13.7. The van der Waals surface area contributed by atoms with Gasteiger partial charge in [0.1, 0.15) is 5.75 Å². The normalized spacial score (nSPS) is 18.0. The van der Waals surface area contributed by atoms with Crippen molar-refractivity contribution in [1.29, 1.82) is 0 Å². The Balaban J connectivity index is 1.96. The molecule has 0 atom stereocenters. The van der Waals surface area contributed by atoms with Crippen LogP contribution in [0.25, 0.3) is 0 Å². The zero-order chi connectivity index (χ0) is 21.2. The van der Waals surface area contributed by atoms with E-state index in [4.69, 9.17) is 4.74 Å². The molecule has 0 aromatic heterocycles. The molecule has 3 heteroatoms. The molecule has 0 fully saturated rings. The van der Waals surface area contributed by atoms with Gasteiger partial charge in [-0.2, -0.15) is 10.2 Å². The molecular formula is C26H34N2O. The summed E-state index contributed by atoms with van der Waals surface area (Å²) < 4.78 is 5.20. The molecule has 0 saturated carbocycles. The van der Waals surface area contributed by atoms with Crippen molar-refractivity contribution in [2.75, 3.05) is 7.11 Å². The first-order valence-electron chi connectivity index (χ1n) is 10.6. The molecule has 2 aromatic rings. The van der Waals surface area contributed by atoms with Crippen LogP contribution in [-0.2, 0) is 17.3 Å². The predicted molar refractivity (Wildman–Crippen MR) is 124 cm³/mol. The monoisotopic (exact) mass is 390 g/mol. The molecule has 1 aliphatic carbocycles. The van der Waals surface area contributed by atoms with Gasteiger partial charge in [-0.1, -0.05) is 40.7 Å². The van der Waals surface area contributed by atoms with Crippen LogP contribution < -0.4 is 4.74 Å². The van der Waals surface area contributed by atoms with Crippen LogP contribution in [0.3, 0.4) is 0 Å². The molecule has 154 valence electrons. The third kappa shape index (κ3) is 4.44. The lowest BCUT2D eigenvalue weighted by molar-refractivity contribution is 0.331. The maximum Gasteiger partial charge on any atom is 0.118 e. The van der Waals surface area contributed by atoms with Crippen molar-refractivity contribution in [2.45, 2.75) is 71.6 Å². The second-order valence-corrected chi connectivity index (χ2v) is 9.38. The van der Waals surface area contributed by atoms with Crippen molar-refractivity contribution < 1.29 is 4.74 Å². The van der Waals surface area contributed by atoms with E-state index in [0.29, 0.717) is 0 Å². The van der Waals surface area contributed by atoms with Crippen LogP contribution in [0.15, 0.2) is 46.6 Å². The molecule has 1 aliphatic rings. The van der Waals surface area contributed by atoms with E-state index in [0.717, 1.165) is 23.4 Å². The van der Waals surface area contributed by atoms with Gasteiger partial charge in [-0.15, -0.1) is 0 Å². The van der Waals surface area contributed by atoms with Crippen molar-refractivity contribution in [2.24, 2.45) is 10.2 Å². The fourth-order valence-corrected chi connectivity index (χ4v) is 4.21. The summed E-state index contributed by atoms with van der Waals surface area (Å²) in [4.78, 5) is 0. The van der Waals surface area contributed by atoms with Gasteiger partial charge in [0.25, 0.3) is 0 Å². The number of nitrogens with zero attached hydrogens (tertiary/aromatic N) is 2. The van der Waals surface area contributed by atoms with Gasteiger partial charge in [0.2, 0.25) is 0 Å². The van der Waals surface area contributed by atoms with Crippen molar-refractivity contribution in [3.8, 4) is 5.75 Å². The minimum absolute atomic E-state index is 0.193. The minimum Gasteiger partial charge on any atom is -0.497 e. The lowest BCUT2D eigenvalue weighted by Gasteiger charge is -2.42. The van der Waals surface area contributed by atoms with Crippen molar-refractivity contribution in [1.82, 2.24) is 0 Å². The summed E-state index contributed by atoms with van der Waals surface area (Å²) in [5.74, 6) is 0.842. The fraction of sp³-hybridized carbons (Fsp3) is 0.462. The Morgan fingerprint density at radius 2 is 1.59 bits per heavy atom. The predicted octanol–water partition coefficient (Wildman–Crippen LogP) is 6.45. The standard InChI is InChI=1S/C26H34N2O/c1-8-20-15-23-24(26(5,6)14-13-25(23,3)4)16-22(20)18(2)28-27-17-19-9-11-21(29-7)12-10-19/h9-12,15-17H,8,13-14H2,1-7H3/b27-17-,28-18-. The molecule has 3 nitrogen and oxygen atoms in total. The van der Waals surface area contributed by atoms with Crippen molar-refractivity contribution >= 4 is 11.9 Å². The zero-order valence-corrected chi connectivity index (χ0v) is 19.0. The van der Waals surface area contributed by atoms with Gasteiger partial charge >= 0.3 is 0 Å². The van der Waals surface area contributed by atoms with E-state index in [1.165, 1.54) is 35.1 Å². The summed E-state index contributed by atoms with van der Waals surface area (Å²) in [5.41, 5.74) is 7.95. The van der Waals surface area contributed by atoms with Gasteiger partial charge < -0.3 is 4.74 Å². The molecule has 29 heavy (non-hydrogen) atoms. The Kier molecular flexibility index (Phi) is 5.97. The van der Waals surface area contributed by atoms with Gasteiger partial charge in [-0.25, -0.2) is 0 Å². The Morgan fingerprint density at radius 1 is 1.00 bits per heavy atom. The second kappa shape index (κ2) is 8.14. The average molecular weight is 391 g/mol.